The van der Waals surface area contributed by atoms with Gasteiger partial charge in [-0.2, -0.15) is 0 Å². The maximum atomic E-state index is 12.2. The average Bonchev–Trinajstić information content (AvgIpc) is 2.41. The minimum atomic E-state index is -3.51. The molecule has 0 saturated heterocycles. The first-order valence-corrected chi connectivity index (χ1v) is 9.24. The number of hydrogen-bond acceptors (Lipinski definition) is 3. The van der Waals surface area contributed by atoms with Gasteiger partial charge in [0.2, 0.25) is 15.9 Å². The summed E-state index contributed by atoms with van der Waals surface area (Å²) < 4.78 is 25.6. The number of aryl methyl sites for hydroxylation is 1. The zero-order chi connectivity index (χ0) is 16.0. The number of anilines is 1. The maximum Gasteiger partial charge on any atom is 0.242 e. The topological polar surface area (TPSA) is 66.5 Å². The average molecular weight is 377 g/mol. The molecule has 118 valence electrons. The second-order valence-electron chi connectivity index (χ2n) is 4.96. The highest BCUT2D eigenvalue weighted by atomic mass is 79.9. The molecule has 0 unspecified atom stereocenters. The molecule has 0 aliphatic rings. The number of amides is 1. The molecule has 0 heterocycles. The molecule has 1 amide bonds. The van der Waals surface area contributed by atoms with E-state index in [1.807, 2.05) is 0 Å². The van der Waals surface area contributed by atoms with E-state index in [1.54, 1.807) is 19.1 Å². The van der Waals surface area contributed by atoms with Crippen LogP contribution in [0.3, 0.4) is 0 Å². The van der Waals surface area contributed by atoms with Crippen molar-refractivity contribution >= 4 is 37.5 Å². The Hall–Kier alpha value is -0.920. The van der Waals surface area contributed by atoms with Crippen LogP contribution in [0.4, 0.5) is 5.69 Å². The molecule has 7 heteroatoms. The molecule has 1 aromatic carbocycles. The fourth-order valence-electron chi connectivity index (χ4n) is 1.76. The molecular formula is C14H21BrN2O3S. The second-order valence-corrected chi connectivity index (χ2v) is 7.88. The lowest BCUT2D eigenvalue weighted by Crippen LogP contribution is -2.23. The Morgan fingerprint density at radius 1 is 1.29 bits per heavy atom. The van der Waals surface area contributed by atoms with Crippen molar-refractivity contribution in [2.45, 2.75) is 31.1 Å². The zero-order valence-corrected chi connectivity index (χ0v) is 14.9. The first-order valence-electron chi connectivity index (χ1n) is 6.68. The number of sulfonamides is 1. The van der Waals surface area contributed by atoms with E-state index in [-0.39, 0.29) is 10.8 Å². The molecule has 0 fully saturated rings. The molecule has 0 aromatic heterocycles. The van der Waals surface area contributed by atoms with Gasteiger partial charge in [0.05, 0.1) is 4.90 Å². The van der Waals surface area contributed by atoms with Gasteiger partial charge in [-0.1, -0.05) is 22.0 Å². The van der Waals surface area contributed by atoms with Crippen molar-refractivity contribution in [1.82, 2.24) is 4.31 Å². The smallest absolute Gasteiger partial charge is 0.242 e. The third-order valence-corrected chi connectivity index (χ3v) is 5.54. The molecule has 0 aliphatic carbocycles. The highest BCUT2D eigenvalue weighted by Crippen LogP contribution is 2.22. The summed E-state index contributed by atoms with van der Waals surface area (Å²) in [5, 5.41) is 3.61. The fraction of sp³-hybridized carbons (Fsp3) is 0.500. The van der Waals surface area contributed by atoms with Gasteiger partial charge in [-0.25, -0.2) is 12.7 Å². The number of unbranched alkanes of at least 4 members (excludes halogenated alkanes) is 1. The van der Waals surface area contributed by atoms with E-state index >= 15 is 0 Å². The Balaban J connectivity index is 2.90. The van der Waals surface area contributed by atoms with Crippen LogP contribution in [0.1, 0.15) is 24.8 Å². The Labute approximate surface area is 134 Å². The summed E-state index contributed by atoms with van der Waals surface area (Å²) in [6, 6.07) is 4.92. The normalized spacial score (nSPS) is 11.7. The van der Waals surface area contributed by atoms with Crippen molar-refractivity contribution in [1.29, 1.82) is 0 Å². The van der Waals surface area contributed by atoms with E-state index in [4.69, 9.17) is 0 Å². The van der Waals surface area contributed by atoms with Gasteiger partial charge < -0.3 is 5.32 Å². The van der Waals surface area contributed by atoms with Crippen LogP contribution in [0, 0.1) is 6.92 Å². The third kappa shape index (κ3) is 5.09. The molecule has 0 radical (unpaired) electrons. The van der Waals surface area contributed by atoms with Crippen LogP contribution < -0.4 is 5.32 Å². The monoisotopic (exact) mass is 376 g/mol. The SMILES string of the molecule is Cc1ccc(NC(=O)CCCCBr)cc1S(=O)(=O)N(C)C. The largest absolute Gasteiger partial charge is 0.326 e. The Kier molecular flexibility index (Phi) is 6.83. The highest BCUT2D eigenvalue weighted by molar-refractivity contribution is 9.09. The Bertz CT molecular complexity index is 600. The van der Waals surface area contributed by atoms with Crippen LogP contribution in [-0.4, -0.2) is 38.1 Å². The van der Waals surface area contributed by atoms with E-state index in [0.717, 1.165) is 22.5 Å². The molecule has 0 spiro atoms. The van der Waals surface area contributed by atoms with Crippen LogP contribution in [-0.2, 0) is 14.8 Å². The number of carbonyl (C=O) groups is 1. The summed E-state index contributed by atoms with van der Waals surface area (Å²) in [5.74, 6) is -0.104. The van der Waals surface area contributed by atoms with E-state index in [1.165, 1.54) is 20.2 Å². The fourth-order valence-corrected chi connectivity index (χ4v) is 3.30. The summed E-state index contributed by atoms with van der Waals surface area (Å²) in [7, 11) is -0.538. The first kappa shape index (κ1) is 18.1. The number of halogens is 1. The molecule has 0 saturated carbocycles. The van der Waals surface area contributed by atoms with E-state index in [0.29, 0.717) is 17.7 Å². The summed E-state index contributed by atoms with van der Waals surface area (Å²) in [4.78, 5) is 12.0. The van der Waals surface area contributed by atoms with E-state index in [2.05, 4.69) is 21.2 Å². The summed E-state index contributed by atoms with van der Waals surface area (Å²) >= 11 is 3.32. The van der Waals surface area contributed by atoms with Crippen molar-refractivity contribution in [2.24, 2.45) is 0 Å². The molecule has 0 atom stereocenters. The predicted octanol–water partition coefficient (Wildman–Crippen LogP) is 2.75. The lowest BCUT2D eigenvalue weighted by molar-refractivity contribution is -0.116. The van der Waals surface area contributed by atoms with Gasteiger partial charge in [0.15, 0.2) is 0 Å². The molecule has 1 rings (SSSR count). The molecular weight excluding hydrogens is 356 g/mol. The zero-order valence-electron chi connectivity index (χ0n) is 12.5. The number of alkyl halides is 1. The lowest BCUT2D eigenvalue weighted by Gasteiger charge is -2.15. The van der Waals surface area contributed by atoms with Crippen LogP contribution in [0.15, 0.2) is 23.1 Å². The maximum absolute atomic E-state index is 12.2. The second kappa shape index (κ2) is 7.91. The van der Waals surface area contributed by atoms with Gasteiger partial charge in [-0.3, -0.25) is 4.79 Å². The summed E-state index contributed by atoms with van der Waals surface area (Å²) in [6.07, 6.45) is 2.16. The molecule has 1 N–H and O–H groups in total. The first-order chi connectivity index (χ1) is 9.78. The van der Waals surface area contributed by atoms with Crippen molar-refractivity contribution in [3.8, 4) is 0 Å². The predicted molar refractivity (Wildman–Crippen MR) is 88.3 cm³/mol. The number of carbonyl (C=O) groups excluding carboxylic acids is 1. The van der Waals surface area contributed by atoms with Gasteiger partial charge >= 0.3 is 0 Å². The summed E-state index contributed by atoms with van der Waals surface area (Å²) in [6.45, 7) is 1.73. The van der Waals surface area contributed by atoms with E-state index < -0.39 is 10.0 Å². The van der Waals surface area contributed by atoms with Crippen LogP contribution in [0.2, 0.25) is 0 Å². The Morgan fingerprint density at radius 3 is 2.52 bits per heavy atom. The molecule has 0 aliphatic heterocycles. The number of rotatable bonds is 7. The van der Waals surface area contributed by atoms with Crippen molar-refractivity contribution in [3.05, 3.63) is 23.8 Å². The van der Waals surface area contributed by atoms with Crippen LogP contribution in [0.25, 0.3) is 0 Å². The van der Waals surface area contributed by atoms with Crippen molar-refractivity contribution in [2.75, 3.05) is 24.7 Å². The number of hydrogen-bond donors (Lipinski definition) is 1. The van der Waals surface area contributed by atoms with Gasteiger partial charge in [0, 0.05) is 31.5 Å². The van der Waals surface area contributed by atoms with Gasteiger partial charge in [0.25, 0.3) is 0 Å². The number of nitrogens with zero attached hydrogens (tertiary/aromatic N) is 1. The van der Waals surface area contributed by atoms with E-state index in [9.17, 15) is 13.2 Å². The van der Waals surface area contributed by atoms with Crippen LogP contribution in [0.5, 0.6) is 0 Å². The standard InChI is InChI=1S/C14H21BrN2O3S/c1-11-7-8-12(16-14(18)6-4-5-9-15)10-13(11)21(19,20)17(2)3/h7-8,10H,4-6,9H2,1-3H3,(H,16,18). The molecule has 1 aromatic rings. The minimum absolute atomic E-state index is 0.104. The quantitative estimate of drug-likeness (QED) is 0.587. The van der Waals surface area contributed by atoms with Crippen molar-refractivity contribution < 1.29 is 13.2 Å². The van der Waals surface area contributed by atoms with Crippen molar-refractivity contribution in [3.63, 3.8) is 0 Å². The third-order valence-electron chi connectivity index (χ3n) is 3.02. The Morgan fingerprint density at radius 2 is 1.95 bits per heavy atom. The molecule has 21 heavy (non-hydrogen) atoms. The summed E-state index contributed by atoms with van der Waals surface area (Å²) in [5.41, 5.74) is 1.16. The van der Waals surface area contributed by atoms with Crippen LogP contribution >= 0.6 is 15.9 Å². The van der Waals surface area contributed by atoms with Gasteiger partial charge in [-0.15, -0.1) is 0 Å². The molecule has 5 nitrogen and oxygen atoms in total. The number of nitrogens with one attached hydrogen (secondary N) is 1. The minimum Gasteiger partial charge on any atom is -0.326 e. The lowest BCUT2D eigenvalue weighted by atomic mass is 10.2. The van der Waals surface area contributed by atoms with Gasteiger partial charge in [0.1, 0.15) is 0 Å². The highest BCUT2D eigenvalue weighted by Gasteiger charge is 2.20. The van der Waals surface area contributed by atoms with Gasteiger partial charge in [-0.05, 0) is 37.5 Å². The number of benzene rings is 1. The molecule has 0 bridgehead atoms.